The molecule has 6 nitrogen and oxygen atoms in total. The number of likely N-dealkylation sites (tertiary alicyclic amines) is 1. The second-order valence-electron chi connectivity index (χ2n) is 5.47. The number of piperidine rings is 1. The van der Waals surface area contributed by atoms with Crippen LogP contribution in [0.4, 0.5) is 4.39 Å². The molecule has 2 N–H and O–H groups in total. The summed E-state index contributed by atoms with van der Waals surface area (Å²) in [6.45, 7) is 2.10. The predicted molar refractivity (Wildman–Crippen MR) is 76.9 cm³/mol. The van der Waals surface area contributed by atoms with Crippen LogP contribution in [0.5, 0.6) is 0 Å². The average molecular weight is 304 g/mol. The fourth-order valence-electron chi connectivity index (χ4n) is 2.60. The molecule has 7 heteroatoms. The summed E-state index contributed by atoms with van der Waals surface area (Å²) in [6.07, 6.45) is 1.52. The second kappa shape index (κ2) is 6.23. The molecule has 2 heterocycles. The van der Waals surface area contributed by atoms with Crippen LogP contribution >= 0.6 is 0 Å². The predicted octanol–water partition coefficient (Wildman–Crippen LogP) is 1.57. The topological polar surface area (TPSA) is 85.3 Å². The maximum atomic E-state index is 12.9. The van der Waals surface area contributed by atoms with E-state index in [-0.39, 0.29) is 17.6 Å². The van der Waals surface area contributed by atoms with E-state index >= 15 is 0 Å². The number of hydrogen-bond acceptors (Lipinski definition) is 5. The largest absolute Gasteiger partial charge is 0.369 e. The maximum absolute atomic E-state index is 12.9. The smallest absolute Gasteiger partial charge is 0.241 e. The zero-order valence-electron chi connectivity index (χ0n) is 12.0. The lowest BCUT2D eigenvalue weighted by molar-refractivity contribution is -0.123. The molecule has 2 aromatic rings. The van der Waals surface area contributed by atoms with Crippen molar-refractivity contribution in [2.45, 2.75) is 19.4 Å². The fourth-order valence-corrected chi connectivity index (χ4v) is 2.60. The van der Waals surface area contributed by atoms with Gasteiger partial charge < -0.3 is 10.3 Å². The van der Waals surface area contributed by atoms with E-state index in [4.69, 9.17) is 10.3 Å². The number of carbonyl (C=O) groups excluding carboxylic acids is 1. The van der Waals surface area contributed by atoms with Crippen LogP contribution in [0.2, 0.25) is 0 Å². The summed E-state index contributed by atoms with van der Waals surface area (Å²) in [5, 5.41) is 3.92. The number of nitrogens with zero attached hydrogens (tertiary/aromatic N) is 3. The van der Waals surface area contributed by atoms with Gasteiger partial charge in [0.05, 0.1) is 6.54 Å². The Morgan fingerprint density at radius 1 is 1.32 bits per heavy atom. The Morgan fingerprint density at radius 2 is 2.00 bits per heavy atom. The highest BCUT2D eigenvalue weighted by Gasteiger charge is 2.24. The number of benzene rings is 1. The minimum Gasteiger partial charge on any atom is -0.369 e. The van der Waals surface area contributed by atoms with Crippen molar-refractivity contribution in [2.24, 2.45) is 11.7 Å². The van der Waals surface area contributed by atoms with Gasteiger partial charge in [-0.1, -0.05) is 5.16 Å². The van der Waals surface area contributed by atoms with Crippen molar-refractivity contribution in [1.29, 1.82) is 0 Å². The normalized spacial score (nSPS) is 16.8. The average Bonchev–Trinajstić information content (AvgIpc) is 2.97. The SMILES string of the molecule is NC(=O)C1CCN(Cc2nc(-c3ccc(F)cc3)no2)CC1. The zero-order chi connectivity index (χ0) is 15.5. The molecule has 0 aliphatic carbocycles. The highest BCUT2D eigenvalue weighted by Crippen LogP contribution is 2.20. The van der Waals surface area contributed by atoms with Crippen LogP contribution in [0.15, 0.2) is 28.8 Å². The summed E-state index contributed by atoms with van der Waals surface area (Å²) in [7, 11) is 0. The molecule has 1 saturated heterocycles. The molecular weight excluding hydrogens is 287 g/mol. The number of aromatic nitrogens is 2. The van der Waals surface area contributed by atoms with Gasteiger partial charge >= 0.3 is 0 Å². The van der Waals surface area contributed by atoms with E-state index in [1.54, 1.807) is 12.1 Å². The van der Waals surface area contributed by atoms with Crippen molar-refractivity contribution in [1.82, 2.24) is 15.0 Å². The van der Waals surface area contributed by atoms with Gasteiger partial charge in [0.2, 0.25) is 17.6 Å². The Bertz CT molecular complexity index is 648. The molecule has 1 aromatic carbocycles. The van der Waals surface area contributed by atoms with Gasteiger partial charge in [-0.25, -0.2) is 4.39 Å². The molecule has 1 aromatic heterocycles. The van der Waals surface area contributed by atoms with E-state index in [0.29, 0.717) is 23.8 Å². The third kappa shape index (κ3) is 3.30. The van der Waals surface area contributed by atoms with Crippen molar-refractivity contribution in [3.05, 3.63) is 36.0 Å². The number of primary amides is 1. The second-order valence-corrected chi connectivity index (χ2v) is 5.47. The van der Waals surface area contributed by atoms with Crippen molar-refractivity contribution in [3.63, 3.8) is 0 Å². The Labute approximate surface area is 127 Å². The van der Waals surface area contributed by atoms with E-state index in [0.717, 1.165) is 25.9 Å². The first-order valence-corrected chi connectivity index (χ1v) is 7.22. The zero-order valence-corrected chi connectivity index (χ0v) is 12.0. The van der Waals surface area contributed by atoms with Gasteiger partial charge in [-0.2, -0.15) is 4.98 Å². The number of nitrogens with two attached hydrogens (primary N) is 1. The standard InChI is InChI=1S/C15H17FN4O2/c16-12-3-1-11(2-4-12)15-18-13(22-19-15)9-20-7-5-10(6-8-20)14(17)21/h1-4,10H,5-9H2,(H2,17,21). The van der Waals surface area contributed by atoms with Crippen LogP contribution in [0.3, 0.4) is 0 Å². The van der Waals surface area contributed by atoms with Gasteiger partial charge in [0, 0.05) is 11.5 Å². The minimum atomic E-state index is -0.301. The fraction of sp³-hybridized carbons (Fsp3) is 0.400. The molecule has 1 aliphatic rings. The van der Waals surface area contributed by atoms with Crippen molar-refractivity contribution < 1.29 is 13.7 Å². The molecule has 1 aliphatic heterocycles. The first kappa shape index (κ1) is 14.6. The molecule has 3 rings (SSSR count). The van der Waals surface area contributed by atoms with Gasteiger partial charge in [-0.3, -0.25) is 9.69 Å². The first-order chi connectivity index (χ1) is 10.6. The van der Waals surface area contributed by atoms with Gasteiger partial charge in [0.25, 0.3) is 0 Å². The Morgan fingerprint density at radius 3 is 2.64 bits per heavy atom. The molecular formula is C15H17FN4O2. The Balaban J connectivity index is 1.60. The molecule has 22 heavy (non-hydrogen) atoms. The summed E-state index contributed by atoms with van der Waals surface area (Å²) >= 11 is 0. The highest BCUT2D eigenvalue weighted by atomic mass is 19.1. The van der Waals surface area contributed by atoms with E-state index in [2.05, 4.69) is 15.0 Å². The summed E-state index contributed by atoms with van der Waals surface area (Å²) < 4.78 is 18.1. The summed E-state index contributed by atoms with van der Waals surface area (Å²) in [5.74, 6) is 0.397. The molecule has 0 radical (unpaired) electrons. The molecule has 0 unspecified atom stereocenters. The molecule has 0 bridgehead atoms. The van der Waals surface area contributed by atoms with E-state index in [9.17, 15) is 9.18 Å². The number of rotatable bonds is 4. The van der Waals surface area contributed by atoms with Gasteiger partial charge in [-0.05, 0) is 50.2 Å². The Hall–Kier alpha value is -2.28. The van der Waals surface area contributed by atoms with E-state index < -0.39 is 0 Å². The highest BCUT2D eigenvalue weighted by molar-refractivity contribution is 5.76. The third-order valence-electron chi connectivity index (χ3n) is 3.92. The van der Waals surface area contributed by atoms with Crippen LogP contribution in [0.25, 0.3) is 11.4 Å². The first-order valence-electron chi connectivity index (χ1n) is 7.22. The lowest BCUT2D eigenvalue weighted by Crippen LogP contribution is -2.38. The van der Waals surface area contributed by atoms with Crippen LogP contribution in [-0.2, 0) is 11.3 Å². The van der Waals surface area contributed by atoms with Gasteiger partial charge in [0.15, 0.2) is 0 Å². The lowest BCUT2D eigenvalue weighted by Gasteiger charge is -2.29. The molecule has 0 atom stereocenters. The molecule has 116 valence electrons. The van der Waals surface area contributed by atoms with Crippen LogP contribution < -0.4 is 5.73 Å². The third-order valence-corrected chi connectivity index (χ3v) is 3.92. The summed E-state index contributed by atoms with van der Waals surface area (Å²) in [5.41, 5.74) is 6.03. The molecule has 0 spiro atoms. The molecule has 1 amide bonds. The number of hydrogen-bond donors (Lipinski definition) is 1. The quantitative estimate of drug-likeness (QED) is 0.926. The van der Waals surface area contributed by atoms with E-state index in [1.807, 2.05) is 0 Å². The minimum absolute atomic E-state index is 0.0336. The lowest BCUT2D eigenvalue weighted by atomic mass is 9.96. The molecule has 1 fully saturated rings. The summed E-state index contributed by atoms with van der Waals surface area (Å²) in [4.78, 5) is 17.6. The van der Waals surface area contributed by atoms with Gasteiger partial charge in [0.1, 0.15) is 5.82 Å². The van der Waals surface area contributed by atoms with Crippen molar-refractivity contribution >= 4 is 5.91 Å². The van der Waals surface area contributed by atoms with Crippen LogP contribution in [-0.4, -0.2) is 34.0 Å². The summed E-state index contributed by atoms with van der Waals surface area (Å²) in [6, 6.07) is 5.95. The van der Waals surface area contributed by atoms with Crippen LogP contribution in [0.1, 0.15) is 18.7 Å². The monoisotopic (exact) mass is 304 g/mol. The van der Waals surface area contributed by atoms with Crippen molar-refractivity contribution in [3.8, 4) is 11.4 Å². The number of carbonyl (C=O) groups is 1. The molecule has 0 saturated carbocycles. The Kier molecular flexibility index (Phi) is 4.15. The van der Waals surface area contributed by atoms with E-state index in [1.165, 1.54) is 12.1 Å². The van der Waals surface area contributed by atoms with Crippen molar-refractivity contribution in [2.75, 3.05) is 13.1 Å². The number of amides is 1. The number of halogens is 1. The van der Waals surface area contributed by atoms with Gasteiger partial charge in [-0.15, -0.1) is 0 Å². The van der Waals surface area contributed by atoms with Crippen LogP contribution in [0, 0.1) is 11.7 Å². The maximum Gasteiger partial charge on any atom is 0.241 e.